The Morgan fingerprint density at radius 1 is 0.698 bits per heavy atom. The van der Waals surface area contributed by atoms with Crippen LogP contribution in [0.2, 0.25) is 0 Å². The molecule has 1 saturated heterocycles. The second-order valence-electron chi connectivity index (χ2n) is 18.3. The lowest BCUT2D eigenvalue weighted by Crippen LogP contribution is -3.11. The van der Waals surface area contributed by atoms with Crippen molar-refractivity contribution in [1.82, 2.24) is 0 Å². The van der Waals surface area contributed by atoms with E-state index >= 15 is 0 Å². The van der Waals surface area contributed by atoms with Crippen LogP contribution in [0.25, 0.3) is 0 Å². The van der Waals surface area contributed by atoms with Crippen molar-refractivity contribution in [3.05, 3.63) is 57.6 Å². The van der Waals surface area contributed by atoms with E-state index < -0.39 is 6.03 Å². The topological polar surface area (TPSA) is 33.4 Å². The van der Waals surface area contributed by atoms with Crippen LogP contribution in [0.1, 0.15) is 160 Å². The van der Waals surface area contributed by atoms with Crippen LogP contribution in [0, 0.1) is 6.92 Å². The molecule has 1 aliphatic carbocycles. The van der Waals surface area contributed by atoms with E-state index in [1.165, 1.54) is 111 Å². The number of hydrogen-bond donors (Lipinski definition) is 2. The molecule has 8 heteroatoms. The Kier molecular flexibility index (Phi) is 14.3. The maximum atomic E-state index is 7.41. The minimum atomic E-state index is -1.01. The van der Waals surface area contributed by atoms with Gasteiger partial charge in [0.1, 0.15) is 0 Å². The average Bonchev–Trinajstić information content (AvgIpc) is 3.36. The Morgan fingerprint density at radius 2 is 1.19 bits per heavy atom. The van der Waals surface area contributed by atoms with Crippen LogP contribution in [0.3, 0.4) is 0 Å². The van der Waals surface area contributed by atoms with Crippen LogP contribution in [0.4, 0.5) is 0 Å². The molecule has 3 unspecified atom stereocenters. The van der Waals surface area contributed by atoms with Gasteiger partial charge in [-0.05, 0) is 119 Å². The number of benzene rings is 2. The Labute approximate surface area is 335 Å². The molecule has 3 atom stereocenters. The summed E-state index contributed by atoms with van der Waals surface area (Å²) in [6, 6.07) is 9.42. The molecule has 3 aliphatic heterocycles. The first-order valence-electron chi connectivity index (χ1n) is 20.9. The summed E-state index contributed by atoms with van der Waals surface area (Å²) in [6.07, 6.45) is 14.7. The van der Waals surface area contributed by atoms with Crippen molar-refractivity contribution in [3.8, 4) is 11.5 Å². The predicted molar refractivity (Wildman–Crippen MR) is 211 cm³/mol. The van der Waals surface area contributed by atoms with Crippen LogP contribution in [0.5, 0.6) is 11.5 Å². The third-order valence-electron chi connectivity index (χ3n) is 12.8. The van der Waals surface area contributed by atoms with E-state index in [-0.39, 0.29) is 35.6 Å². The minimum Gasteiger partial charge on any atom is -1.00 e. The Morgan fingerprint density at radius 3 is 1.66 bits per heavy atom. The van der Waals surface area contributed by atoms with E-state index in [9.17, 15) is 0 Å². The number of nitrogens with zero attached hydrogens (tertiary/aromatic N) is 2. The number of hydrogen-bond acceptors (Lipinski definition) is 2. The molecule has 2 N–H and O–H groups in total. The molecule has 0 aromatic heterocycles. The standard InChI is InChI=1S/C45H70N4O2.2ClH/c1-12-46(13-2)24-18-20-33(21-19-25-47(14-3)15-4)34-26-32(5)41-35(27-34)30-48-39-22-16-17-23-40(39)49-31-36-28-37(43(6,7)8)29-38(44(9,10)11)42(36)51-45(48,49)50-41;;/h26-31,33,39-40H,12-25H2,1-11H3;2*1H/q+2;;. The fourth-order valence-electron chi connectivity index (χ4n) is 9.48. The zero-order valence-corrected chi connectivity index (χ0v) is 36.6. The molecule has 6 rings (SSSR count). The molecule has 2 aromatic rings. The van der Waals surface area contributed by atoms with Crippen molar-refractivity contribution in [2.45, 2.75) is 162 Å². The van der Waals surface area contributed by atoms with Gasteiger partial charge >= 0.3 is 6.03 Å². The fourth-order valence-corrected chi connectivity index (χ4v) is 9.48. The molecule has 296 valence electrons. The second-order valence-corrected chi connectivity index (χ2v) is 18.3. The monoisotopic (exact) mass is 771 g/mol. The number of halogens is 2. The third kappa shape index (κ3) is 8.66. The highest BCUT2D eigenvalue weighted by molar-refractivity contribution is 5.85. The Balaban J connectivity index is 0.00000314. The summed E-state index contributed by atoms with van der Waals surface area (Å²) in [5.74, 6) is 2.53. The normalized spacial score (nSPS) is 21.6. The molecule has 2 aromatic carbocycles. The Bertz CT molecular complexity index is 1610. The van der Waals surface area contributed by atoms with Gasteiger partial charge in [-0.2, -0.15) is 0 Å². The quantitative estimate of drug-likeness (QED) is 0.289. The molecule has 6 nitrogen and oxygen atoms in total. The fraction of sp³-hybridized carbons (Fsp3) is 0.689. The lowest BCUT2D eigenvalue weighted by Gasteiger charge is -2.33. The summed E-state index contributed by atoms with van der Waals surface area (Å²) in [5.41, 5.74) is 7.71. The highest BCUT2D eigenvalue weighted by atomic mass is 35.5. The van der Waals surface area contributed by atoms with Crippen LogP contribution < -0.4 is 44.1 Å². The van der Waals surface area contributed by atoms with E-state index in [0.717, 1.165) is 24.3 Å². The SMILES string of the molecule is CC[NH+](CC)CCCC(CCC[NH+](CC)CC)c1cc(C)c2c(c1)C=[N+]1C3CCCCC3[N+]3=Cc4cc(C(C)(C)C)cc(C(C)(C)C)c4OC13O2.[Cl-].[Cl-]. The molecule has 3 heterocycles. The van der Waals surface area contributed by atoms with Gasteiger partial charge in [0, 0.05) is 18.4 Å². The summed E-state index contributed by atoms with van der Waals surface area (Å²) in [4.78, 5) is 3.43. The first-order valence-corrected chi connectivity index (χ1v) is 20.9. The van der Waals surface area contributed by atoms with Gasteiger partial charge in [-0.1, -0.05) is 62.8 Å². The highest BCUT2D eigenvalue weighted by Crippen LogP contribution is 2.48. The molecule has 1 spiro atoms. The van der Waals surface area contributed by atoms with Gasteiger partial charge in [-0.15, -0.1) is 0 Å². The molecule has 0 amide bonds. The second kappa shape index (κ2) is 17.3. The number of fused-ring (bicyclic) bond motifs is 5. The first kappa shape index (κ1) is 43.6. The maximum absolute atomic E-state index is 7.41. The number of quaternary nitrogens is 2. The smallest absolute Gasteiger partial charge is 0.704 e. The summed E-state index contributed by atoms with van der Waals surface area (Å²) in [5, 5.41) is 0. The van der Waals surface area contributed by atoms with Crippen molar-refractivity contribution in [3.63, 3.8) is 0 Å². The van der Waals surface area contributed by atoms with E-state index in [2.05, 4.69) is 122 Å². The molecule has 2 fully saturated rings. The van der Waals surface area contributed by atoms with Crippen LogP contribution in [-0.4, -0.2) is 79.0 Å². The van der Waals surface area contributed by atoms with Gasteiger partial charge < -0.3 is 44.1 Å². The first-order chi connectivity index (χ1) is 24.2. The molecule has 0 radical (unpaired) electrons. The van der Waals surface area contributed by atoms with Gasteiger partial charge in [0.2, 0.25) is 12.1 Å². The van der Waals surface area contributed by atoms with Gasteiger partial charge in [-0.3, -0.25) is 0 Å². The minimum absolute atomic E-state index is 0. The van der Waals surface area contributed by atoms with Gasteiger partial charge in [0.25, 0.3) is 0 Å². The van der Waals surface area contributed by atoms with Crippen LogP contribution in [0.15, 0.2) is 24.3 Å². The summed E-state index contributed by atoms with van der Waals surface area (Å²) < 4.78 is 19.7. The van der Waals surface area contributed by atoms with Crippen molar-refractivity contribution in [2.75, 3.05) is 39.3 Å². The molecule has 4 aliphatic rings. The van der Waals surface area contributed by atoms with E-state index in [4.69, 9.17) is 9.47 Å². The van der Waals surface area contributed by atoms with E-state index in [1.54, 1.807) is 9.80 Å². The molecular formula is C45H72Cl2N4O2+2. The van der Waals surface area contributed by atoms with E-state index in [0.29, 0.717) is 18.0 Å². The summed E-state index contributed by atoms with van der Waals surface area (Å²) >= 11 is 0. The number of aryl methyl sites for hydroxylation is 1. The average molecular weight is 772 g/mol. The van der Waals surface area contributed by atoms with Gasteiger partial charge in [0.15, 0.2) is 23.9 Å². The van der Waals surface area contributed by atoms with Crippen molar-refractivity contribution >= 4 is 12.4 Å². The third-order valence-corrected chi connectivity index (χ3v) is 12.8. The number of nitrogens with one attached hydrogen (secondary N) is 2. The van der Waals surface area contributed by atoms with Crippen molar-refractivity contribution in [2.24, 2.45) is 0 Å². The lowest BCUT2D eigenvalue weighted by molar-refractivity contribution is -0.896. The summed E-state index contributed by atoms with van der Waals surface area (Å²) in [7, 11) is 0. The van der Waals surface area contributed by atoms with Crippen LogP contribution >= 0.6 is 0 Å². The van der Waals surface area contributed by atoms with Crippen molar-refractivity contribution < 1.29 is 53.2 Å². The van der Waals surface area contributed by atoms with Gasteiger partial charge in [-0.25, -0.2) is 0 Å². The molecular weight excluding hydrogens is 699 g/mol. The molecule has 0 bridgehead atoms. The highest BCUT2D eigenvalue weighted by Gasteiger charge is 2.76. The predicted octanol–water partition coefficient (Wildman–Crippen LogP) is 0.375. The van der Waals surface area contributed by atoms with Crippen molar-refractivity contribution in [1.29, 1.82) is 0 Å². The van der Waals surface area contributed by atoms with Crippen LogP contribution in [-0.2, 0) is 10.8 Å². The largest absolute Gasteiger partial charge is 1.00 e. The van der Waals surface area contributed by atoms with E-state index in [1.807, 2.05) is 0 Å². The Hall–Kier alpha value is -2.12. The molecule has 1 saturated carbocycles. The maximum Gasteiger partial charge on any atom is 0.704 e. The molecule has 53 heavy (non-hydrogen) atoms. The zero-order chi connectivity index (χ0) is 36.7. The summed E-state index contributed by atoms with van der Waals surface area (Å²) in [6.45, 7) is 32.9. The van der Waals surface area contributed by atoms with Gasteiger partial charge in [0.05, 0.1) is 50.4 Å². The number of ether oxygens (including phenoxy) is 2. The zero-order valence-electron chi connectivity index (χ0n) is 35.1. The lowest BCUT2D eigenvalue weighted by atomic mass is 9.79. The number of rotatable bonds is 13.